The summed E-state index contributed by atoms with van der Waals surface area (Å²) in [4.78, 5) is 35.5. The van der Waals surface area contributed by atoms with Gasteiger partial charge < -0.3 is 19.2 Å². The third kappa shape index (κ3) is 5.36. The first-order valence-electron chi connectivity index (χ1n) is 8.73. The molecule has 0 fully saturated rings. The van der Waals surface area contributed by atoms with Crippen molar-refractivity contribution >= 4 is 34.4 Å². The van der Waals surface area contributed by atoms with Gasteiger partial charge in [-0.2, -0.15) is 0 Å². The van der Waals surface area contributed by atoms with E-state index in [0.717, 1.165) is 5.39 Å². The van der Waals surface area contributed by atoms with Crippen molar-refractivity contribution in [3.05, 3.63) is 75.6 Å². The van der Waals surface area contributed by atoms with Gasteiger partial charge in [0.1, 0.15) is 11.3 Å². The highest BCUT2D eigenvalue weighted by atomic mass is 35.5. The summed E-state index contributed by atoms with van der Waals surface area (Å²) in [6.45, 7) is -0.301. The summed E-state index contributed by atoms with van der Waals surface area (Å²) in [5.74, 6) is -0.571. The Labute approximate surface area is 171 Å². The highest BCUT2D eigenvalue weighted by Gasteiger charge is 2.21. The van der Waals surface area contributed by atoms with E-state index in [4.69, 9.17) is 25.5 Å². The molecule has 1 heterocycles. The van der Waals surface area contributed by atoms with Crippen molar-refractivity contribution < 1.29 is 23.5 Å². The number of amides is 1. The van der Waals surface area contributed by atoms with Crippen LogP contribution in [0.4, 0.5) is 0 Å². The standard InChI is InChI=1S/C21H18ClNO6/c1-27-21(26)11-17(15-4-2-3-5-16(15)22)23-19(24)12-28-14-8-6-13-7-9-20(25)29-18(13)10-14/h2-10,17H,11-12H2,1H3,(H,23,24). The van der Waals surface area contributed by atoms with Crippen LogP contribution in [0.15, 0.2) is 63.8 Å². The molecule has 0 bridgehead atoms. The maximum atomic E-state index is 12.4. The fourth-order valence-electron chi connectivity index (χ4n) is 2.76. The van der Waals surface area contributed by atoms with Gasteiger partial charge in [-0.3, -0.25) is 9.59 Å². The quantitative estimate of drug-likeness (QED) is 0.470. The molecular formula is C21H18ClNO6. The SMILES string of the molecule is COC(=O)CC(NC(=O)COc1ccc2ccc(=O)oc2c1)c1ccccc1Cl. The summed E-state index contributed by atoms with van der Waals surface area (Å²) in [5, 5.41) is 3.89. The van der Waals surface area contributed by atoms with Crippen LogP contribution in [-0.2, 0) is 14.3 Å². The van der Waals surface area contributed by atoms with Crippen molar-refractivity contribution in [2.75, 3.05) is 13.7 Å². The number of methoxy groups -OCH3 is 1. The van der Waals surface area contributed by atoms with Gasteiger partial charge >= 0.3 is 11.6 Å². The zero-order valence-corrected chi connectivity index (χ0v) is 16.3. The number of benzene rings is 2. The number of ether oxygens (including phenoxy) is 2. The zero-order valence-electron chi connectivity index (χ0n) is 15.5. The molecule has 0 radical (unpaired) electrons. The molecule has 2 aromatic carbocycles. The first kappa shape index (κ1) is 20.4. The number of nitrogens with one attached hydrogen (secondary N) is 1. The molecule has 29 heavy (non-hydrogen) atoms. The Bertz CT molecular complexity index is 1090. The van der Waals surface area contributed by atoms with E-state index in [1.807, 2.05) is 0 Å². The Balaban J connectivity index is 1.69. The Morgan fingerprint density at radius 2 is 1.90 bits per heavy atom. The lowest BCUT2D eigenvalue weighted by Crippen LogP contribution is -2.34. The molecule has 0 aliphatic heterocycles. The summed E-state index contributed by atoms with van der Waals surface area (Å²) in [5.41, 5.74) is 0.480. The molecule has 1 unspecified atom stereocenters. The predicted molar refractivity (Wildman–Crippen MR) is 107 cm³/mol. The van der Waals surface area contributed by atoms with Gasteiger partial charge in [-0.25, -0.2) is 4.79 Å². The fraction of sp³-hybridized carbons (Fsp3) is 0.190. The van der Waals surface area contributed by atoms with Gasteiger partial charge in [0, 0.05) is 22.5 Å². The molecule has 1 amide bonds. The van der Waals surface area contributed by atoms with E-state index < -0.39 is 23.5 Å². The lowest BCUT2D eigenvalue weighted by molar-refractivity contribution is -0.141. The number of hydrogen-bond donors (Lipinski definition) is 1. The van der Waals surface area contributed by atoms with Crippen LogP contribution in [0.1, 0.15) is 18.0 Å². The molecule has 1 N–H and O–H groups in total. The average molecular weight is 416 g/mol. The van der Waals surface area contributed by atoms with Gasteiger partial charge in [-0.05, 0) is 29.8 Å². The maximum absolute atomic E-state index is 12.4. The molecule has 0 saturated carbocycles. The number of carbonyl (C=O) groups is 2. The summed E-state index contributed by atoms with van der Waals surface area (Å²) >= 11 is 6.20. The minimum absolute atomic E-state index is 0.0763. The third-order valence-electron chi connectivity index (χ3n) is 4.18. The molecule has 7 nitrogen and oxygen atoms in total. The molecule has 0 saturated heterocycles. The predicted octanol–water partition coefficient (Wildman–Crippen LogP) is 3.25. The van der Waals surface area contributed by atoms with Crippen molar-refractivity contribution in [2.45, 2.75) is 12.5 Å². The minimum Gasteiger partial charge on any atom is -0.484 e. The second-order valence-corrected chi connectivity index (χ2v) is 6.57. The van der Waals surface area contributed by atoms with E-state index in [2.05, 4.69) is 5.32 Å². The highest BCUT2D eigenvalue weighted by Crippen LogP contribution is 2.25. The molecule has 1 aromatic heterocycles. The number of carbonyl (C=O) groups excluding carboxylic acids is 2. The van der Waals surface area contributed by atoms with Gasteiger partial charge in [-0.15, -0.1) is 0 Å². The van der Waals surface area contributed by atoms with Crippen LogP contribution in [0.5, 0.6) is 5.75 Å². The van der Waals surface area contributed by atoms with Crippen LogP contribution >= 0.6 is 11.6 Å². The maximum Gasteiger partial charge on any atom is 0.336 e. The van der Waals surface area contributed by atoms with Crippen LogP contribution in [-0.4, -0.2) is 25.6 Å². The highest BCUT2D eigenvalue weighted by molar-refractivity contribution is 6.31. The largest absolute Gasteiger partial charge is 0.484 e. The van der Waals surface area contributed by atoms with Gasteiger partial charge in [0.05, 0.1) is 19.6 Å². The third-order valence-corrected chi connectivity index (χ3v) is 4.52. The van der Waals surface area contributed by atoms with Crippen LogP contribution in [0, 0.1) is 0 Å². The van der Waals surface area contributed by atoms with E-state index >= 15 is 0 Å². The second kappa shape index (κ2) is 9.25. The molecule has 3 rings (SSSR count). The summed E-state index contributed by atoms with van der Waals surface area (Å²) < 4.78 is 15.3. The molecule has 3 aromatic rings. The van der Waals surface area contributed by atoms with E-state index in [1.54, 1.807) is 42.5 Å². The number of fused-ring (bicyclic) bond motifs is 1. The average Bonchev–Trinajstić information content (AvgIpc) is 2.71. The molecule has 0 spiro atoms. The monoisotopic (exact) mass is 415 g/mol. The van der Waals surface area contributed by atoms with Crippen LogP contribution in [0.2, 0.25) is 5.02 Å². The lowest BCUT2D eigenvalue weighted by atomic mass is 10.0. The minimum atomic E-state index is -0.665. The smallest absolute Gasteiger partial charge is 0.336 e. The van der Waals surface area contributed by atoms with Crippen molar-refractivity contribution in [1.82, 2.24) is 5.32 Å². The molecule has 1 atom stereocenters. The summed E-state index contributed by atoms with van der Waals surface area (Å²) in [6, 6.07) is 14.1. The van der Waals surface area contributed by atoms with Crippen molar-refractivity contribution in [3.8, 4) is 5.75 Å². The van der Waals surface area contributed by atoms with Gasteiger partial charge in [-0.1, -0.05) is 29.8 Å². The lowest BCUT2D eigenvalue weighted by Gasteiger charge is -2.19. The Morgan fingerprint density at radius 3 is 2.66 bits per heavy atom. The van der Waals surface area contributed by atoms with Gasteiger partial charge in [0.15, 0.2) is 6.61 Å². The van der Waals surface area contributed by atoms with Crippen molar-refractivity contribution in [3.63, 3.8) is 0 Å². The van der Waals surface area contributed by atoms with Crippen molar-refractivity contribution in [1.29, 1.82) is 0 Å². The molecular weight excluding hydrogens is 398 g/mol. The number of halogens is 1. The van der Waals surface area contributed by atoms with E-state index in [1.165, 1.54) is 19.2 Å². The normalized spacial score (nSPS) is 11.7. The van der Waals surface area contributed by atoms with Gasteiger partial charge in [0.25, 0.3) is 5.91 Å². The number of rotatable bonds is 7. The molecule has 0 aliphatic carbocycles. The van der Waals surface area contributed by atoms with Crippen LogP contribution in [0.3, 0.4) is 0 Å². The molecule has 8 heteroatoms. The van der Waals surface area contributed by atoms with Crippen LogP contribution in [0.25, 0.3) is 11.0 Å². The van der Waals surface area contributed by atoms with E-state index in [-0.39, 0.29) is 13.0 Å². The second-order valence-electron chi connectivity index (χ2n) is 6.16. The molecule has 150 valence electrons. The summed E-state index contributed by atoms with van der Waals surface area (Å²) in [6.07, 6.45) is -0.0763. The van der Waals surface area contributed by atoms with E-state index in [0.29, 0.717) is 21.9 Å². The Morgan fingerprint density at radius 1 is 1.14 bits per heavy atom. The first-order valence-corrected chi connectivity index (χ1v) is 9.11. The molecule has 0 aliphatic rings. The fourth-order valence-corrected chi connectivity index (χ4v) is 3.03. The first-order chi connectivity index (χ1) is 14.0. The number of esters is 1. The van der Waals surface area contributed by atoms with E-state index in [9.17, 15) is 14.4 Å². The zero-order chi connectivity index (χ0) is 20.8. The van der Waals surface area contributed by atoms with Gasteiger partial charge in [0.2, 0.25) is 0 Å². The van der Waals surface area contributed by atoms with Crippen LogP contribution < -0.4 is 15.7 Å². The Hall–Kier alpha value is -3.32. The Kier molecular flexibility index (Phi) is 6.51. The number of hydrogen-bond acceptors (Lipinski definition) is 6. The van der Waals surface area contributed by atoms with Crippen molar-refractivity contribution in [2.24, 2.45) is 0 Å². The summed E-state index contributed by atoms with van der Waals surface area (Å²) in [7, 11) is 1.27. The topological polar surface area (TPSA) is 94.8 Å².